The van der Waals surface area contributed by atoms with E-state index in [1.54, 1.807) is 6.07 Å². The fourth-order valence-corrected chi connectivity index (χ4v) is 3.78. The number of amides is 1. The Balaban J connectivity index is 1.76. The molecule has 1 saturated heterocycles. The molecule has 1 fully saturated rings. The first-order valence-electron chi connectivity index (χ1n) is 9.97. The number of nitrogens with zero attached hydrogens (tertiary/aromatic N) is 3. The molecule has 32 heavy (non-hydrogen) atoms. The number of hydrogen-bond donors (Lipinski definition) is 2. The maximum absolute atomic E-state index is 14.3. The van der Waals surface area contributed by atoms with E-state index in [-0.39, 0.29) is 11.5 Å². The number of aromatic nitrogens is 2. The summed E-state index contributed by atoms with van der Waals surface area (Å²) in [6.07, 6.45) is 0.869. The Morgan fingerprint density at radius 1 is 1.19 bits per heavy atom. The molecule has 1 amide bonds. The molecule has 0 atom stereocenters. The highest BCUT2D eigenvalue weighted by atomic mass is 127. The van der Waals surface area contributed by atoms with Gasteiger partial charge in [-0.15, -0.1) is 0 Å². The van der Waals surface area contributed by atoms with Crippen molar-refractivity contribution in [3.8, 4) is 5.75 Å². The first kappa shape index (κ1) is 24.2. The first-order chi connectivity index (χ1) is 15.2. The maximum atomic E-state index is 14.3. The maximum Gasteiger partial charge on any atom is 0.437 e. The molecule has 1 aliphatic rings. The van der Waals surface area contributed by atoms with Gasteiger partial charge in [-0.2, -0.15) is 5.48 Å². The number of hydroxylamine groups is 1. The summed E-state index contributed by atoms with van der Waals surface area (Å²) >= 11 is 1.96. The van der Waals surface area contributed by atoms with Crippen molar-refractivity contribution in [2.75, 3.05) is 32.1 Å². The number of likely N-dealkylation sites (tertiary alicyclic amines) is 1. The van der Waals surface area contributed by atoms with Crippen LogP contribution < -0.4 is 26.8 Å². The van der Waals surface area contributed by atoms with Crippen LogP contribution in [0.15, 0.2) is 27.8 Å². The summed E-state index contributed by atoms with van der Waals surface area (Å²) in [6.45, 7) is 2.22. The molecule has 174 valence electrons. The van der Waals surface area contributed by atoms with Gasteiger partial charge in [-0.05, 0) is 79.7 Å². The molecule has 1 aliphatic heterocycles. The lowest BCUT2D eigenvalue weighted by Gasteiger charge is -2.28. The third-order valence-electron chi connectivity index (χ3n) is 5.31. The van der Waals surface area contributed by atoms with Crippen LogP contribution in [0.3, 0.4) is 0 Å². The summed E-state index contributed by atoms with van der Waals surface area (Å²) in [6, 6.07) is 4.38. The van der Waals surface area contributed by atoms with Crippen LogP contribution in [0.2, 0.25) is 0 Å². The second-order valence-electron chi connectivity index (χ2n) is 7.68. The van der Waals surface area contributed by atoms with Crippen molar-refractivity contribution in [2.45, 2.75) is 12.8 Å². The van der Waals surface area contributed by atoms with Crippen molar-refractivity contribution >= 4 is 40.2 Å². The van der Waals surface area contributed by atoms with Gasteiger partial charge in [-0.25, -0.2) is 14.0 Å². The summed E-state index contributed by atoms with van der Waals surface area (Å²) in [4.78, 5) is 44.8. The molecule has 0 aliphatic carbocycles. The molecule has 3 rings (SSSR count). The summed E-state index contributed by atoms with van der Waals surface area (Å²) in [5.41, 5.74) is 0.653. The van der Waals surface area contributed by atoms with E-state index in [1.807, 2.05) is 29.6 Å². The summed E-state index contributed by atoms with van der Waals surface area (Å²) in [5, 5.41) is 2.68. The minimum Gasteiger partial charge on any atom is -0.399 e. The number of hydrogen-bond acceptors (Lipinski definition) is 7. The first-order valence-corrected chi connectivity index (χ1v) is 11.1. The summed E-state index contributed by atoms with van der Waals surface area (Å²) in [5.74, 6) is -0.920. The van der Waals surface area contributed by atoms with Crippen molar-refractivity contribution in [2.24, 2.45) is 20.0 Å². The second-order valence-corrected chi connectivity index (χ2v) is 8.93. The van der Waals surface area contributed by atoms with Crippen LogP contribution in [0.1, 0.15) is 12.8 Å². The van der Waals surface area contributed by atoms with Gasteiger partial charge in [0.05, 0.1) is 12.3 Å². The zero-order valence-corrected chi connectivity index (χ0v) is 20.1. The van der Waals surface area contributed by atoms with Crippen LogP contribution in [-0.4, -0.2) is 46.9 Å². The normalized spacial score (nSPS) is 14.9. The van der Waals surface area contributed by atoms with E-state index in [4.69, 9.17) is 9.57 Å². The number of rotatable bonds is 6. The van der Waals surface area contributed by atoms with Crippen LogP contribution in [-0.2, 0) is 18.9 Å². The van der Waals surface area contributed by atoms with E-state index in [0.29, 0.717) is 16.1 Å². The van der Waals surface area contributed by atoms with Gasteiger partial charge in [0.15, 0.2) is 5.82 Å². The Hall–Kier alpha value is -2.45. The number of ether oxygens (including phenoxy) is 1. The zero-order chi connectivity index (χ0) is 23.4. The molecule has 2 aromatic rings. The lowest BCUT2D eigenvalue weighted by molar-refractivity contribution is 0.0114. The standard InChI is InChI=1S/C20H25FIN5O5/c1-25-8-6-12(7-9-25)11-31-24-19(29)32-16-17(26(2)20(30)27(3)18(16)28)23-15-5-4-13(22)10-14(15)21/h4-5,10,12,23H,6-9,11H2,1-3H3,(H,24,29). The zero-order valence-electron chi connectivity index (χ0n) is 18.0. The molecule has 2 heterocycles. The minimum atomic E-state index is -1.03. The van der Waals surface area contributed by atoms with Gasteiger partial charge < -0.3 is 15.0 Å². The van der Waals surface area contributed by atoms with Gasteiger partial charge in [-0.3, -0.25) is 18.8 Å². The summed E-state index contributed by atoms with van der Waals surface area (Å²) in [7, 11) is 4.67. The topological polar surface area (TPSA) is 107 Å². The van der Waals surface area contributed by atoms with E-state index >= 15 is 0 Å². The number of carbonyl (C=O) groups excluding carboxylic acids is 1. The highest BCUT2D eigenvalue weighted by Crippen LogP contribution is 2.26. The number of anilines is 2. The van der Waals surface area contributed by atoms with Gasteiger partial charge in [0, 0.05) is 17.7 Å². The van der Waals surface area contributed by atoms with Crippen LogP contribution in [0, 0.1) is 15.3 Å². The average molecular weight is 561 g/mol. The van der Waals surface area contributed by atoms with Gasteiger partial charge in [0.25, 0.3) is 0 Å². The molecule has 1 aromatic carbocycles. The minimum absolute atomic E-state index is 0.0115. The van der Waals surface area contributed by atoms with E-state index in [1.165, 1.54) is 26.2 Å². The Bertz CT molecular complexity index is 1110. The van der Waals surface area contributed by atoms with Crippen molar-refractivity contribution in [3.05, 3.63) is 48.4 Å². The highest BCUT2D eigenvalue weighted by molar-refractivity contribution is 14.1. The predicted molar refractivity (Wildman–Crippen MR) is 125 cm³/mol. The van der Waals surface area contributed by atoms with Crippen molar-refractivity contribution in [1.82, 2.24) is 19.5 Å². The molecule has 10 nitrogen and oxygen atoms in total. The Kier molecular flexibility index (Phi) is 7.90. The molecule has 1 aromatic heterocycles. The van der Waals surface area contributed by atoms with Crippen molar-refractivity contribution in [1.29, 1.82) is 0 Å². The fraction of sp³-hybridized carbons (Fsp3) is 0.450. The molecule has 0 bridgehead atoms. The SMILES string of the molecule is CN1CCC(CONC(=O)Oc2c(Nc3ccc(I)cc3F)n(C)c(=O)n(C)c2=O)CC1. The van der Waals surface area contributed by atoms with E-state index in [9.17, 15) is 18.8 Å². The van der Waals surface area contributed by atoms with Crippen LogP contribution in [0.5, 0.6) is 5.75 Å². The van der Waals surface area contributed by atoms with E-state index < -0.39 is 28.9 Å². The Morgan fingerprint density at radius 3 is 2.53 bits per heavy atom. The second kappa shape index (κ2) is 10.4. The highest BCUT2D eigenvalue weighted by Gasteiger charge is 2.22. The quantitative estimate of drug-likeness (QED) is 0.410. The lowest BCUT2D eigenvalue weighted by atomic mass is 9.98. The molecule has 0 unspecified atom stereocenters. The predicted octanol–water partition coefficient (Wildman–Crippen LogP) is 1.93. The number of halogens is 2. The Labute approximate surface area is 197 Å². The largest absolute Gasteiger partial charge is 0.437 e. The molecule has 0 saturated carbocycles. The smallest absolute Gasteiger partial charge is 0.399 e. The molecule has 0 radical (unpaired) electrons. The fourth-order valence-electron chi connectivity index (χ4n) is 3.33. The molecule has 12 heteroatoms. The number of carbonyl (C=O) groups is 1. The molecular formula is C20H25FIN5O5. The van der Waals surface area contributed by atoms with Crippen LogP contribution >= 0.6 is 22.6 Å². The molecular weight excluding hydrogens is 536 g/mol. The summed E-state index contributed by atoms with van der Waals surface area (Å²) < 4.78 is 22.0. The Morgan fingerprint density at radius 2 is 1.88 bits per heavy atom. The van der Waals surface area contributed by atoms with Crippen molar-refractivity contribution in [3.63, 3.8) is 0 Å². The van der Waals surface area contributed by atoms with Crippen molar-refractivity contribution < 1.29 is 18.8 Å². The molecule has 0 spiro atoms. The third-order valence-corrected chi connectivity index (χ3v) is 5.99. The van der Waals surface area contributed by atoms with Gasteiger partial charge >= 0.3 is 17.3 Å². The van der Waals surface area contributed by atoms with E-state index in [0.717, 1.165) is 35.1 Å². The van der Waals surface area contributed by atoms with Gasteiger partial charge in [0.2, 0.25) is 5.75 Å². The van der Waals surface area contributed by atoms with Crippen LogP contribution in [0.25, 0.3) is 0 Å². The average Bonchev–Trinajstić information content (AvgIpc) is 2.76. The lowest BCUT2D eigenvalue weighted by Crippen LogP contribution is -2.40. The number of nitrogens with one attached hydrogen (secondary N) is 2. The van der Waals surface area contributed by atoms with Gasteiger partial charge in [-0.1, -0.05) is 0 Å². The third kappa shape index (κ3) is 5.66. The van der Waals surface area contributed by atoms with Crippen LogP contribution in [0.4, 0.5) is 20.7 Å². The monoisotopic (exact) mass is 561 g/mol. The molecule has 2 N–H and O–H groups in total. The van der Waals surface area contributed by atoms with E-state index in [2.05, 4.69) is 15.7 Å². The number of piperidine rings is 1. The number of benzene rings is 1. The van der Waals surface area contributed by atoms with Gasteiger partial charge in [0.1, 0.15) is 5.82 Å².